The molecule has 1 aliphatic rings. The minimum Gasteiger partial charge on any atom is -0.497 e. The monoisotopic (exact) mass is 409 g/mol. The lowest BCUT2D eigenvalue weighted by Crippen LogP contribution is -2.43. The fourth-order valence-corrected chi connectivity index (χ4v) is 3.82. The molecule has 3 rings (SSSR count). The minimum absolute atomic E-state index is 0.00531. The van der Waals surface area contributed by atoms with E-state index in [1.165, 1.54) is 5.56 Å². The zero-order chi connectivity index (χ0) is 21.5. The third-order valence-corrected chi connectivity index (χ3v) is 5.58. The highest BCUT2D eigenvalue weighted by Gasteiger charge is 2.25. The predicted molar refractivity (Wildman–Crippen MR) is 119 cm³/mol. The van der Waals surface area contributed by atoms with Gasteiger partial charge in [0, 0.05) is 18.2 Å². The molecule has 0 aliphatic carbocycles. The van der Waals surface area contributed by atoms with Gasteiger partial charge < -0.3 is 15.4 Å². The average molecular weight is 410 g/mol. The van der Waals surface area contributed by atoms with Crippen LogP contribution >= 0.6 is 0 Å². The predicted octanol–water partition coefficient (Wildman–Crippen LogP) is 3.28. The van der Waals surface area contributed by atoms with Crippen LogP contribution in [0.5, 0.6) is 5.75 Å². The zero-order valence-electron chi connectivity index (χ0n) is 18.0. The first-order chi connectivity index (χ1) is 14.4. The highest BCUT2D eigenvalue weighted by Crippen LogP contribution is 2.19. The molecule has 0 atom stereocenters. The summed E-state index contributed by atoms with van der Waals surface area (Å²) < 4.78 is 5.22. The number of hydrogen-bond acceptors (Lipinski definition) is 4. The molecule has 2 amide bonds. The Balaban J connectivity index is 1.41. The van der Waals surface area contributed by atoms with Gasteiger partial charge in [-0.3, -0.25) is 14.5 Å². The largest absolute Gasteiger partial charge is 0.497 e. The number of benzene rings is 2. The summed E-state index contributed by atoms with van der Waals surface area (Å²) in [6.07, 6.45) is 1.53. The van der Waals surface area contributed by atoms with Gasteiger partial charge in [0.15, 0.2) is 0 Å². The van der Waals surface area contributed by atoms with Crippen molar-refractivity contribution in [2.24, 2.45) is 5.92 Å². The fraction of sp³-hybridized carbons (Fsp3) is 0.417. The van der Waals surface area contributed by atoms with Gasteiger partial charge in [-0.25, -0.2) is 0 Å². The molecule has 0 aromatic heterocycles. The van der Waals surface area contributed by atoms with Crippen LogP contribution in [0, 0.1) is 19.8 Å². The smallest absolute Gasteiger partial charge is 0.238 e. The normalized spacial score (nSPS) is 14.9. The van der Waals surface area contributed by atoms with Crippen LogP contribution in [-0.2, 0) is 16.1 Å². The van der Waals surface area contributed by atoms with E-state index >= 15 is 0 Å². The molecule has 30 heavy (non-hydrogen) atoms. The van der Waals surface area contributed by atoms with E-state index in [-0.39, 0.29) is 17.7 Å². The van der Waals surface area contributed by atoms with Gasteiger partial charge in [0.2, 0.25) is 11.8 Å². The molecule has 0 unspecified atom stereocenters. The van der Waals surface area contributed by atoms with Crippen molar-refractivity contribution in [3.8, 4) is 5.75 Å². The summed E-state index contributed by atoms with van der Waals surface area (Å²) in [5.74, 6) is 0.850. The molecule has 1 saturated heterocycles. The molecular weight excluding hydrogens is 378 g/mol. The molecule has 2 aromatic rings. The molecule has 1 fully saturated rings. The third-order valence-electron chi connectivity index (χ3n) is 5.58. The Morgan fingerprint density at radius 3 is 2.57 bits per heavy atom. The van der Waals surface area contributed by atoms with Crippen molar-refractivity contribution in [1.82, 2.24) is 10.2 Å². The van der Waals surface area contributed by atoms with E-state index in [4.69, 9.17) is 4.74 Å². The summed E-state index contributed by atoms with van der Waals surface area (Å²) in [4.78, 5) is 27.0. The standard InChI is InChI=1S/C24H31N3O3/c1-17-7-8-22(18(2)13-17)26-23(28)16-27-11-9-20(10-12-27)24(29)25-15-19-5-4-6-21(14-19)30-3/h4-8,13-14,20H,9-12,15-16H2,1-3H3,(H,25,29)(H,26,28). The second-order valence-corrected chi connectivity index (χ2v) is 7.99. The van der Waals surface area contributed by atoms with E-state index in [9.17, 15) is 9.59 Å². The highest BCUT2D eigenvalue weighted by molar-refractivity contribution is 5.93. The summed E-state index contributed by atoms with van der Waals surface area (Å²) in [6.45, 7) is 6.38. The van der Waals surface area contributed by atoms with Crippen molar-refractivity contribution >= 4 is 17.5 Å². The SMILES string of the molecule is COc1cccc(CNC(=O)C2CCN(CC(=O)Nc3ccc(C)cc3C)CC2)c1. The van der Waals surface area contributed by atoms with Crippen LogP contribution in [0.2, 0.25) is 0 Å². The van der Waals surface area contributed by atoms with Gasteiger partial charge in [0.05, 0.1) is 13.7 Å². The maximum absolute atomic E-state index is 12.5. The number of methoxy groups -OCH3 is 1. The van der Waals surface area contributed by atoms with E-state index in [1.807, 2.05) is 50.2 Å². The Bertz CT molecular complexity index is 889. The van der Waals surface area contributed by atoms with Crippen LogP contribution < -0.4 is 15.4 Å². The maximum Gasteiger partial charge on any atom is 0.238 e. The quantitative estimate of drug-likeness (QED) is 0.736. The number of nitrogens with one attached hydrogen (secondary N) is 2. The van der Waals surface area contributed by atoms with Crippen LogP contribution in [0.3, 0.4) is 0 Å². The van der Waals surface area contributed by atoms with E-state index in [0.717, 1.165) is 48.5 Å². The Morgan fingerprint density at radius 1 is 1.10 bits per heavy atom. The number of carbonyl (C=O) groups excluding carboxylic acids is 2. The number of nitrogens with zero attached hydrogens (tertiary/aromatic N) is 1. The van der Waals surface area contributed by atoms with E-state index < -0.39 is 0 Å². The number of hydrogen-bond donors (Lipinski definition) is 2. The van der Waals surface area contributed by atoms with E-state index in [0.29, 0.717) is 13.1 Å². The molecule has 0 radical (unpaired) electrons. The first-order valence-corrected chi connectivity index (χ1v) is 10.4. The Morgan fingerprint density at radius 2 is 1.87 bits per heavy atom. The van der Waals surface area contributed by atoms with Gasteiger partial charge in [0.1, 0.15) is 5.75 Å². The van der Waals surface area contributed by atoms with Gasteiger partial charge in [-0.1, -0.05) is 29.8 Å². The molecule has 2 N–H and O–H groups in total. The number of likely N-dealkylation sites (tertiary alicyclic amines) is 1. The highest BCUT2D eigenvalue weighted by atomic mass is 16.5. The van der Waals surface area contributed by atoms with Crippen molar-refractivity contribution in [3.05, 3.63) is 59.2 Å². The van der Waals surface area contributed by atoms with Crippen LogP contribution in [0.1, 0.15) is 29.5 Å². The van der Waals surface area contributed by atoms with Crippen LogP contribution in [-0.4, -0.2) is 43.5 Å². The lowest BCUT2D eigenvalue weighted by molar-refractivity contribution is -0.126. The zero-order valence-corrected chi connectivity index (χ0v) is 18.0. The number of carbonyl (C=O) groups is 2. The number of rotatable bonds is 7. The number of aryl methyl sites for hydroxylation is 2. The molecule has 1 heterocycles. The maximum atomic E-state index is 12.5. The molecule has 160 valence electrons. The number of amides is 2. The Hall–Kier alpha value is -2.86. The van der Waals surface area contributed by atoms with Gasteiger partial charge in [0.25, 0.3) is 0 Å². The molecule has 0 saturated carbocycles. The van der Waals surface area contributed by atoms with Crippen molar-refractivity contribution < 1.29 is 14.3 Å². The Labute approximate surface area is 178 Å². The van der Waals surface area contributed by atoms with Crippen molar-refractivity contribution in [2.45, 2.75) is 33.2 Å². The van der Waals surface area contributed by atoms with Gasteiger partial charge in [-0.05, 0) is 69.1 Å². The van der Waals surface area contributed by atoms with Crippen molar-refractivity contribution in [3.63, 3.8) is 0 Å². The van der Waals surface area contributed by atoms with Crippen LogP contribution in [0.4, 0.5) is 5.69 Å². The van der Waals surface area contributed by atoms with Gasteiger partial charge in [-0.2, -0.15) is 0 Å². The minimum atomic E-state index is -0.0112. The molecule has 1 aliphatic heterocycles. The average Bonchev–Trinajstić information content (AvgIpc) is 2.74. The van der Waals surface area contributed by atoms with Crippen molar-refractivity contribution in [1.29, 1.82) is 0 Å². The summed E-state index contributed by atoms with van der Waals surface area (Å²) >= 11 is 0. The number of piperidine rings is 1. The second-order valence-electron chi connectivity index (χ2n) is 7.99. The lowest BCUT2D eigenvalue weighted by Gasteiger charge is -2.30. The topological polar surface area (TPSA) is 70.7 Å². The van der Waals surface area contributed by atoms with E-state index in [2.05, 4.69) is 21.6 Å². The molecule has 2 aromatic carbocycles. The first kappa shape index (κ1) is 21.8. The number of anilines is 1. The summed E-state index contributed by atoms with van der Waals surface area (Å²) in [5.41, 5.74) is 4.12. The van der Waals surface area contributed by atoms with Gasteiger partial charge in [-0.15, -0.1) is 0 Å². The molecule has 0 bridgehead atoms. The third kappa shape index (κ3) is 6.07. The van der Waals surface area contributed by atoms with Crippen LogP contribution in [0.15, 0.2) is 42.5 Å². The molecule has 6 nitrogen and oxygen atoms in total. The summed E-state index contributed by atoms with van der Waals surface area (Å²) in [6, 6.07) is 13.7. The fourth-order valence-electron chi connectivity index (χ4n) is 3.82. The number of ether oxygens (including phenoxy) is 1. The molecular formula is C24H31N3O3. The lowest BCUT2D eigenvalue weighted by atomic mass is 9.96. The van der Waals surface area contributed by atoms with E-state index in [1.54, 1.807) is 7.11 Å². The van der Waals surface area contributed by atoms with Gasteiger partial charge >= 0.3 is 0 Å². The molecule has 6 heteroatoms. The van der Waals surface area contributed by atoms with Crippen molar-refractivity contribution in [2.75, 3.05) is 32.1 Å². The summed E-state index contributed by atoms with van der Waals surface area (Å²) in [5, 5.41) is 6.02. The Kier molecular flexibility index (Phi) is 7.46. The van der Waals surface area contributed by atoms with Crippen LogP contribution in [0.25, 0.3) is 0 Å². The summed E-state index contributed by atoms with van der Waals surface area (Å²) in [7, 11) is 1.63. The second kappa shape index (κ2) is 10.3. The first-order valence-electron chi connectivity index (χ1n) is 10.4. The molecule has 0 spiro atoms.